The Morgan fingerprint density at radius 3 is 2.25 bits per heavy atom. The van der Waals surface area contributed by atoms with Crippen molar-refractivity contribution in [3.63, 3.8) is 0 Å². The number of carbonyl (C=O) groups is 1. The first kappa shape index (κ1) is 16.7. The van der Waals surface area contributed by atoms with Gasteiger partial charge in [-0.05, 0) is 24.8 Å². The summed E-state index contributed by atoms with van der Waals surface area (Å²) in [6.07, 6.45) is 3.54. The van der Waals surface area contributed by atoms with Crippen molar-refractivity contribution in [2.75, 3.05) is 6.54 Å². The summed E-state index contributed by atoms with van der Waals surface area (Å²) in [6, 6.07) is 10.2. The Hall–Kier alpha value is -1.35. The lowest BCUT2D eigenvalue weighted by Crippen LogP contribution is -2.46. The molecule has 0 aliphatic carbocycles. The Labute approximate surface area is 122 Å². The number of hydrogen-bond acceptors (Lipinski definition) is 2. The molecule has 0 spiro atoms. The fourth-order valence-corrected chi connectivity index (χ4v) is 2.56. The van der Waals surface area contributed by atoms with Crippen molar-refractivity contribution >= 4 is 5.91 Å². The van der Waals surface area contributed by atoms with E-state index in [1.165, 1.54) is 5.56 Å². The van der Waals surface area contributed by atoms with Gasteiger partial charge >= 0.3 is 0 Å². The molecular formula is C17H28N2O. The summed E-state index contributed by atoms with van der Waals surface area (Å²) in [5, 5.41) is 3.21. The maximum atomic E-state index is 12.6. The van der Waals surface area contributed by atoms with Crippen LogP contribution >= 0.6 is 0 Å². The molecule has 20 heavy (non-hydrogen) atoms. The minimum atomic E-state index is -0.430. The largest absolute Gasteiger partial charge is 0.349 e. The molecule has 0 bridgehead atoms. The minimum absolute atomic E-state index is 0.0812. The van der Waals surface area contributed by atoms with Crippen molar-refractivity contribution in [1.82, 2.24) is 5.32 Å². The Bertz CT molecular complexity index is 390. The van der Waals surface area contributed by atoms with Crippen LogP contribution < -0.4 is 11.1 Å². The van der Waals surface area contributed by atoms with E-state index in [1.807, 2.05) is 32.0 Å². The van der Waals surface area contributed by atoms with E-state index in [0.29, 0.717) is 6.54 Å². The van der Waals surface area contributed by atoms with Gasteiger partial charge in [0.15, 0.2) is 0 Å². The van der Waals surface area contributed by atoms with Gasteiger partial charge in [0.1, 0.15) is 0 Å². The second-order valence-corrected chi connectivity index (χ2v) is 5.42. The molecule has 3 nitrogen and oxygen atoms in total. The Morgan fingerprint density at radius 1 is 1.20 bits per heavy atom. The van der Waals surface area contributed by atoms with Crippen molar-refractivity contribution in [2.24, 2.45) is 11.1 Å². The van der Waals surface area contributed by atoms with Gasteiger partial charge in [-0.2, -0.15) is 0 Å². The molecule has 0 saturated heterocycles. The monoisotopic (exact) mass is 276 g/mol. The van der Waals surface area contributed by atoms with Crippen LogP contribution in [0.2, 0.25) is 0 Å². The van der Waals surface area contributed by atoms with Gasteiger partial charge in [-0.1, -0.05) is 57.5 Å². The van der Waals surface area contributed by atoms with Gasteiger partial charge in [0.2, 0.25) is 5.91 Å². The lowest BCUT2D eigenvalue weighted by atomic mass is 9.81. The summed E-state index contributed by atoms with van der Waals surface area (Å²) in [5.74, 6) is 0.0901. The average Bonchev–Trinajstić information content (AvgIpc) is 2.50. The number of carbonyl (C=O) groups excluding carboxylic acids is 1. The quantitative estimate of drug-likeness (QED) is 0.764. The minimum Gasteiger partial charge on any atom is -0.349 e. The standard InChI is InChI=1S/C17H28N2O/c1-4-10-15(14-11-8-7-9-12-14)19-16(20)17(5-2,6-3)13-18/h7-9,11-12,15H,4-6,10,13,18H2,1-3H3,(H,19,20). The number of benzene rings is 1. The summed E-state index contributed by atoms with van der Waals surface area (Å²) in [6.45, 7) is 6.61. The first-order valence-corrected chi connectivity index (χ1v) is 7.69. The third-order valence-electron chi connectivity index (χ3n) is 4.31. The van der Waals surface area contributed by atoms with Gasteiger partial charge in [-0.3, -0.25) is 4.79 Å². The molecule has 0 aliphatic heterocycles. The molecule has 0 fully saturated rings. The van der Waals surface area contributed by atoms with E-state index < -0.39 is 5.41 Å². The number of nitrogens with two attached hydrogens (primary N) is 1. The Morgan fingerprint density at radius 2 is 1.80 bits per heavy atom. The summed E-state index contributed by atoms with van der Waals surface area (Å²) < 4.78 is 0. The molecular weight excluding hydrogens is 248 g/mol. The molecule has 3 heteroatoms. The van der Waals surface area contributed by atoms with Crippen LogP contribution in [-0.2, 0) is 4.79 Å². The van der Waals surface area contributed by atoms with Crippen LogP contribution in [0.5, 0.6) is 0 Å². The molecule has 0 aliphatic rings. The van der Waals surface area contributed by atoms with E-state index in [1.54, 1.807) is 0 Å². The fourth-order valence-electron chi connectivity index (χ4n) is 2.56. The second-order valence-electron chi connectivity index (χ2n) is 5.42. The number of rotatable bonds is 8. The molecule has 0 radical (unpaired) electrons. The highest BCUT2D eigenvalue weighted by Gasteiger charge is 2.34. The van der Waals surface area contributed by atoms with E-state index in [-0.39, 0.29) is 11.9 Å². The van der Waals surface area contributed by atoms with Gasteiger partial charge in [-0.15, -0.1) is 0 Å². The third-order valence-corrected chi connectivity index (χ3v) is 4.31. The molecule has 112 valence electrons. The lowest BCUT2D eigenvalue weighted by Gasteiger charge is -2.31. The maximum Gasteiger partial charge on any atom is 0.227 e. The summed E-state index contributed by atoms with van der Waals surface area (Å²) >= 11 is 0. The predicted octanol–water partition coefficient (Wildman–Crippen LogP) is 3.41. The molecule has 1 amide bonds. The first-order chi connectivity index (χ1) is 9.63. The van der Waals surface area contributed by atoms with Crippen molar-refractivity contribution < 1.29 is 4.79 Å². The van der Waals surface area contributed by atoms with Crippen LogP contribution in [0.15, 0.2) is 30.3 Å². The van der Waals surface area contributed by atoms with Crippen LogP contribution in [0.3, 0.4) is 0 Å². The molecule has 1 atom stereocenters. The van der Waals surface area contributed by atoms with Crippen LogP contribution in [0, 0.1) is 5.41 Å². The lowest BCUT2D eigenvalue weighted by molar-refractivity contribution is -0.131. The zero-order chi connectivity index (χ0) is 15.0. The number of nitrogens with one attached hydrogen (secondary N) is 1. The highest BCUT2D eigenvalue weighted by atomic mass is 16.2. The average molecular weight is 276 g/mol. The summed E-state index contributed by atoms with van der Waals surface area (Å²) in [4.78, 5) is 12.6. The highest BCUT2D eigenvalue weighted by Crippen LogP contribution is 2.27. The van der Waals surface area contributed by atoms with Gasteiger partial charge in [0, 0.05) is 6.54 Å². The van der Waals surface area contributed by atoms with Gasteiger partial charge in [0.05, 0.1) is 11.5 Å². The first-order valence-electron chi connectivity index (χ1n) is 7.69. The van der Waals surface area contributed by atoms with E-state index in [0.717, 1.165) is 25.7 Å². The van der Waals surface area contributed by atoms with E-state index in [9.17, 15) is 4.79 Å². The van der Waals surface area contributed by atoms with Crippen LogP contribution in [0.25, 0.3) is 0 Å². The highest BCUT2D eigenvalue weighted by molar-refractivity contribution is 5.83. The van der Waals surface area contributed by atoms with Crippen molar-refractivity contribution in [2.45, 2.75) is 52.5 Å². The summed E-state index contributed by atoms with van der Waals surface area (Å²) in [5.41, 5.74) is 6.59. The topological polar surface area (TPSA) is 55.1 Å². The van der Waals surface area contributed by atoms with Crippen LogP contribution in [-0.4, -0.2) is 12.5 Å². The number of amides is 1. The molecule has 0 aromatic heterocycles. The van der Waals surface area contributed by atoms with Crippen molar-refractivity contribution in [3.05, 3.63) is 35.9 Å². The number of hydrogen-bond donors (Lipinski definition) is 2. The predicted molar refractivity (Wildman–Crippen MR) is 84.3 cm³/mol. The molecule has 1 aromatic rings. The zero-order valence-electron chi connectivity index (χ0n) is 13.0. The van der Waals surface area contributed by atoms with Crippen LogP contribution in [0.1, 0.15) is 58.1 Å². The van der Waals surface area contributed by atoms with Crippen LogP contribution in [0.4, 0.5) is 0 Å². The van der Waals surface area contributed by atoms with Crippen molar-refractivity contribution in [3.8, 4) is 0 Å². The smallest absolute Gasteiger partial charge is 0.227 e. The molecule has 0 saturated carbocycles. The molecule has 3 N–H and O–H groups in total. The normalized spacial score (nSPS) is 13.0. The zero-order valence-corrected chi connectivity index (χ0v) is 13.0. The maximum absolute atomic E-state index is 12.6. The third kappa shape index (κ3) is 3.83. The van der Waals surface area contributed by atoms with Gasteiger partial charge in [-0.25, -0.2) is 0 Å². The van der Waals surface area contributed by atoms with Gasteiger partial charge < -0.3 is 11.1 Å². The molecule has 1 rings (SSSR count). The second kappa shape index (κ2) is 8.05. The Kier molecular flexibility index (Phi) is 6.73. The Balaban J connectivity index is 2.88. The fraction of sp³-hybridized carbons (Fsp3) is 0.588. The van der Waals surface area contributed by atoms with E-state index in [4.69, 9.17) is 5.73 Å². The van der Waals surface area contributed by atoms with E-state index >= 15 is 0 Å². The molecule has 1 aromatic carbocycles. The van der Waals surface area contributed by atoms with Crippen molar-refractivity contribution in [1.29, 1.82) is 0 Å². The molecule has 0 heterocycles. The molecule has 1 unspecified atom stereocenters. The SMILES string of the molecule is CCCC(NC(=O)C(CC)(CC)CN)c1ccccc1. The summed E-state index contributed by atoms with van der Waals surface area (Å²) in [7, 11) is 0. The van der Waals surface area contributed by atoms with Gasteiger partial charge in [0.25, 0.3) is 0 Å². The van der Waals surface area contributed by atoms with E-state index in [2.05, 4.69) is 24.4 Å².